The Morgan fingerprint density at radius 1 is 1.47 bits per heavy atom. The number of rotatable bonds is 3. The molecule has 0 heterocycles. The SMILES string of the molecule is C=C(C)C(=O)OC1(CC)CCC(C)CC1. The molecular weight excluding hydrogens is 188 g/mol. The van der Waals surface area contributed by atoms with E-state index in [1.54, 1.807) is 6.92 Å². The van der Waals surface area contributed by atoms with Crippen molar-refractivity contribution in [3.8, 4) is 0 Å². The summed E-state index contributed by atoms with van der Waals surface area (Å²) in [7, 11) is 0. The van der Waals surface area contributed by atoms with E-state index in [9.17, 15) is 4.79 Å². The third-order valence-corrected chi connectivity index (χ3v) is 3.49. The van der Waals surface area contributed by atoms with Gasteiger partial charge in [0.05, 0.1) is 0 Å². The zero-order chi connectivity index (χ0) is 11.5. The van der Waals surface area contributed by atoms with Gasteiger partial charge in [-0.1, -0.05) is 20.4 Å². The highest BCUT2D eigenvalue weighted by Crippen LogP contribution is 2.37. The summed E-state index contributed by atoms with van der Waals surface area (Å²) in [5, 5.41) is 0. The first-order valence-corrected chi connectivity index (χ1v) is 5.88. The van der Waals surface area contributed by atoms with Crippen LogP contribution in [0.15, 0.2) is 12.2 Å². The summed E-state index contributed by atoms with van der Waals surface area (Å²) in [6.07, 6.45) is 5.25. The second-order valence-corrected chi connectivity index (χ2v) is 4.89. The van der Waals surface area contributed by atoms with Crippen molar-refractivity contribution in [2.24, 2.45) is 5.92 Å². The van der Waals surface area contributed by atoms with Crippen molar-refractivity contribution in [3.05, 3.63) is 12.2 Å². The molecule has 1 fully saturated rings. The van der Waals surface area contributed by atoms with Crippen LogP contribution in [0.3, 0.4) is 0 Å². The van der Waals surface area contributed by atoms with Gasteiger partial charge in [0.2, 0.25) is 0 Å². The van der Waals surface area contributed by atoms with Crippen molar-refractivity contribution in [3.63, 3.8) is 0 Å². The molecule has 2 heteroatoms. The topological polar surface area (TPSA) is 26.3 Å². The second kappa shape index (κ2) is 4.82. The van der Waals surface area contributed by atoms with E-state index >= 15 is 0 Å². The standard InChI is InChI=1S/C13H22O2/c1-5-13(15-12(14)10(2)3)8-6-11(4)7-9-13/h11H,2,5-9H2,1,3-4H3. The largest absolute Gasteiger partial charge is 0.456 e. The molecule has 15 heavy (non-hydrogen) atoms. The van der Waals surface area contributed by atoms with Crippen LogP contribution >= 0.6 is 0 Å². The fourth-order valence-electron chi connectivity index (χ4n) is 2.10. The molecule has 86 valence electrons. The van der Waals surface area contributed by atoms with E-state index in [0.717, 1.165) is 38.0 Å². The molecule has 0 amide bonds. The lowest BCUT2D eigenvalue weighted by Crippen LogP contribution is -2.38. The molecule has 0 N–H and O–H groups in total. The number of hydrogen-bond acceptors (Lipinski definition) is 2. The minimum Gasteiger partial charge on any atom is -0.456 e. The van der Waals surface area contributed by atoms with Gasteiger partial charge in [0.25, 0.3) is 0 Å². The van der Waals surface area contributed by atoms with Gasteiger partial charge in [0, 0.05) is 5.57 Å². The van der Waals surface area contributed by atoms with Crippen LogP contribution in [0.1, 0.15) is 52.9 Å². The first kappa shape index (κ1) is 12.3. The average molecular weight is 210 g/mol. The van der Waals surface area contributed by atoms with Crippen molar-refractivity contribution < 1.29 is 9.53 Å². The van der Waals surface area contributed by atoms with E-state index in [0.29, 0.717) is 5.57 Å². The molecular formula is C13H22O2. The van der Waals surface area contributed by atoms with Crippen molar-refractivity contribution >= 4 is 5.97 Å². The summed E-state index contributed by atoms with van der Waals surface area (Å²) in [4.78, 5) is 11.5. The molecule has 1 saturated carbocycles. The van der Waals surface area contributed by atoms with Crippen molar-refractivity contribution in [1.29, 1.82) is 0 Å². The molecule has 0 radical (unpaired) electrons. The lowest BCUT2D eigenvalue weighted by atomic mass is 9.78. The Balaban J connectivity index is 2.61. The molecule has 1 aliphatic carbocycles. The lowest BCUT2D eigenvalue weighted by Gasteiger charge is -2.38. The third kappa shape index (κ3) is 3.08. The molecule has 0 aromatic carbocycles. The Bertz CT molecular complexity index is 247. The minimum atomic E-state index is -0.230. The van der Waals surface area contributed by atoms with Crippen LogP contribution in [-0.2, 0) is 9.53 Å². The van der Waals surface area contributed by atoms with Gasteiger partial charge in [0.15, 0.2) is 0 Å². The van der Waals surface area contributed by atoms with Crippen LogP contribution in [0.2, 0.25) is 0 Å². The molecule has 1 aliphatic rings. The minimum absolute atomic E-state index is 0.206. The van der Waals surface area contributed by atoms with Gasteiger partial charge in [-0.05, 0) is 44.9 Å². The van der Waals surface area contributed by atoms with Crippen molar-refractivity contribution in [2.75, 3.05) is 0 Å². The number of carbonyl (C=O) groups is 1. The second-order valence-electron chi connectivity index (χ2n) is 4.89. The van der Waals surface area contributed by atoms with E-state index in [2.05, 4.69) is 20.4 Å². The molecule has 0 spiro atoms. The van der Waals surface area contributed by atoms with E-state index in [-0.39, 0.29) is 11.6 Å². The molecule has 0 saturated heterocycles. The Hall–Kier alpha value is -0.790. The van der Waals surface area contributed by atoms with Crippen LogP contribution in [0.4, 0.5) is 0 Å². The molecule has 0 aromatic rings. The van der Waals surface area contributed by atoms with E-state index in [1.165, 1.54) is 0 Å². The molecule has 0 atom stereocenters. The normalized spacial score (nSPS) is 31.0. The maximum atomic E-state index is 11.5. The van der Waals surface area contributed by atoms with Gasteiger partial charge in [-0.2, -0.15) is 0 Å². The lowest BCUT2D eigenvalue weighted by molar-refractivity contribution is -0.159. The number of carbonyl (C=O) groups excluding carboxylic acids is 1. The molecule has 1 rings (SSSR count). The molecule has 0 bridgehead atoms. The fraction of sp³-hybridized carbons (Fsp3) is 0.769. The molecule has 0 aromatic heterocycles. The monoisotopic (exact) mass is 210 g/mol. The Morgan fingerprint density at radius 3 is 2.40 bits per heavy atom. The first-order chi connectivity index (χ1) is 6.99. The van der Waals surface area contributed by atoms with Gasteiger partial charge >= 0.3 is 5.97 Å². The van der Waals surface area contributed by atoms with Crippen LogP contribution in [0.5, 0.6) is 0 Å². The summed E-state index contributed by atoms with van der Waals surface area (Å²) in [6, 6.07) is 0. The van der Waals surface area contributed by atoms with Crippen LogP contribution < -0.4 is 0 Å². The highest BCUT2D eigenvalue weighted by Gasteiger charge is 2.36. The highest BCUT2D eigenvalue weighted by atomic mass is 16.6. The van der Waals surface area contributed by atoms with Crippen LogP contribution in [-0.4, -0.2) is 11.6 Å². The number of hydrogen-bond donors (Lipinski definition) is 0. The summed E-state index contributed by atoms with van der Waals surface area (Å²) < 4.78 is 5.60. The van der Waals surface area contributed by atoms with Gasteiger partial charge in [-0.15, -0.1) is 0 Å². The third-order valence-electron chi connectivity index (χ3n) is 3.49. The fourth-order valence-corrected chi connectivity index (χ4v) is 2.10. The van der Waals surface area contributed by atoms with Crippen molar-refractivity contribution in [2.45, 2.75) is 58.5 Å². The Kier molecular flexibility index (Phi) is 3.95. The van der Waals surface area contributed by atoms with Gasteiger partial charge in [0.1, 0.15) is 5.60 Å². The van der Waals surface area contributed by atoms with Crippen LogP contribution in [0.25, 0.3) is 0 Å². The van der Waals surface area contributed by atoms with E-state index in [1.807, 2.05) is 0 Å². The van der Waals surface area contributed by atoms with E-state index in [4.69, 9.17) is 4.74 Å². The molecule has 2 nitrogen and oxygen atoms in total. The van der Waals surface area contributed by atoms with Gasteiger partial charge in [-0.25, -0.2) is 4.79 Å². The smallest absolute Gasteiger partial charge is 0.333 e. The maximum absolute atomic E-state index is 11.5. The zero-order valence-corrected chi connectivity index (χ0v) is 10.1. The van der Waals surface area contributed by atoms with Crippen molar-refractivity contribution in [1.82, 2.24) is 0 Å². The number of esters is 1. The summed E-state index contributed by atoms with van der Waals surface area (Å²) >= 11 is 0. The quantitative estimate of drug-likeness (QED) is 0.526. The first-order valence-electron chi connectivity index (χ1n) is 5.88. The highest BCUT2D eigenvalue weighted by molar-refractivity contribution is 5.87. The summed E-state index contributed by atoms with van der Waals surface area (Å²) in [6.45, 7) is 9.69. The Labute approximate surface area is 92.7 Å². The molecule has 0 aliphatic heterocycles. The predicted octanol–water partition coefficient (Wildman–Crippen LogP) is 3.46. The van der Waals surface area contributed by atoms with E-state index < -0.39 is 0 Å². The van der Waals surface area contributed by atoms with Gasteiger partial charge < -0.3 is 4.74 Å². The van der Waals surface area contributed by atoms with Crippen LogP contribution in [0, 0.1) is 5.92 Å². The molecule has 0 unspecified atom stereocenters. The number of ether oxygens (including phenoxy) is 1. The average Bonchev–Trinajstić information content (AvgIpc) is 2.21. The maximum Gasteiger partial charge on any atom is 0.333 e. The Morgan fingerprint density at radius 2 is 2.00 bits per heavy atom. The van der Waals surface area contributed by atoms with Gasteiger partial charge in [-0.3, -0.25) is 0 Å². The predicted molar refractivity (Wildman–Crippen MR) is 61.6 cm³/mol. The summed E-state index contributed by atoms with van der Waals surface area (Å²) in [5.74, 6) is 0.541. The summed E-state index contributed by atoms with van der Waals surface area (Å²) in [5.41, 5.74) is 0.296. The zero-order valence-electron chi connectivity index (χ0n) is 10.1.